The van der Waals surface area contributed by atoms with Crippen LogP contribution >= 0.6 is 11.3 Å². The molecule has 3 aromatic rings. The van der Waals surface area contributed by atoms with E-state index >= 15 is 0 Å². The normalized spacial score (nSPS) is 12.3. The number of hydrogen-bond acceptors (Lipinski definition) is 2. The summed E-state index contributed by atoms with van der Waals surface area (Å²) in [7, 11) is 0. The summed E-state index contributed by atoms with van der Waals surface area (Å²) >= 11 is 1.65. The number of halogens is 1. The van der Waals surface area contributed by atoms with Gasteiger partial charge in [-0.1, -0.05) is 36.4 Å². The quantitative estimate of drug-likeness (QED) is 0.726. The molecule has 1 N–H and O–H groups in total. The molecule has 0 saturated carbocycles. The van der Waals surface area contributed by atoms with Crippen LogP contribution in [0.5, 0.6) is 0 Å². The summed E-state index contributed by atoms with van der Waals surface area (Å²) in [4.78, 5) is 1.11. The second kappa shape index (κ2) is 5.80. The fourth-order valence-corrected chi connectivity index (χ4v) is 3.34. The van der Waals surface area contributed by atoms with Gasteiger partial charge in [0.25, 0.3) is 0 Å². The average molecular weight is 298 g/mol. The van der Waals surface area contributed by atoms with E-state index in [1.165, 1.54) is 17.7 Å². The van der Waals surface area contributed by atoms with Crippen molar-refractivity contribution in [3.8, 4) is 10.4 Å². The predicted octanol–water partition coefficient (Wildman–Crippen LogP) is 4.94. The molecule has 21 heavy (non-hydrogen) atoms. The minimum atomic E-state index is -0.834. The van der Waals surface area contributed by atoms with E-state index in [-0.39, 0.29) is 5.82 Å². The molecule has 3 rings (SSSR count). The van der Waals surface area contributed by atoms with Gasteiger partial charge >= 0.3 is 0 Å². The van der Waals surface area contributed by atoms with E-state index in [9.17, 15) is 9.50 Å². The Morgan fingerprint density at radius 2 is 1.86 bits per heavy atom. The Morgan fingerprint density at radius 1 is 1.05 bits per heavy atom. The molecule has 1 nitrogen and oxygen atoms in total. The highest BCUT2D eigenvalue weighted by Gasteiger charge is 2.16. The van der Waals surface area contributed by atoms with E-state index in [2.05, 4.69) is 11.4 Å². The molecule has 1 unspecified atom stereocenters. The van der Waals surface area contributed by atoms with Crippen molar-refractivity contribution in [3.63, 3.8) is 0 Å². The maximum absolute atomic E-state index is 13.4. The Labute approximate surface area is 127 Å². The molecule has 1 aromatic heterocycles. The van der Waals surface area contributed by atoms with Crippen molar-refractivity contribution < 1.29 is 9.50 Å². The van der Waals surface area contributed by atoms with Crippen LogP contribution in [0, 0.1) is 12.7 Å². The number of rotatable bonds is 3. The fraction of sp³-hybridized carbons (Fsp3) is 0.111. The summed E-state index contributed by atoms with van der Waals surface area (Å²) in [5, 5.41) is 12.7. The van der Waals surface area contributed by atoms with Crippen molar-refractivity contribution in [2.75, 3.05) is 0 Å². The van der Waals surface area contributed by atoms with Gasteiger partial charge in [0, 0.05) is 4.88 Å². The standard InChI is InChI=1S/C18H15FOS/c1-12-9-17(21-11-12)15-7-2-3-8-16(15)18(20)13-5-4-6-14(19)10-13/h2-11,18,20H,1H3. The molecule has 106 valence electrons. The van der Waals surface area contributed by atoms with E-state index < -0.39 is 6.10 Å². The van der Waals surface area contributed by atoms with Gasteiger partial charge in [-0.25, -0.2) is 4.39 Å². The second-order valence-electron chi connectivity index (χ2n) is 5.03. The SMILES string of the molecule is Cc1csc(-c2ccccc2C(O)c2cccc(F)c2)c1. The Hall–Kier alpha value is -1.97. The van der Waals surface area contributed by atoms with Crippen molar-refractivity contribution in [1.82, 2.24) is 0 Å². The van der Waals surface area contributed by atoms with Crippen LogP contribution in [-0.2, 0) is 0 Å². The molecule has 0 radical (unpaired) electrons. The number of thiophene rings is 1. The van der Waals surface area contributed by atoms with E-state index in [0.717, 1.165) is 16.0 Å². The predicted molar refractivity (Wildman–Crippen MR) is 85.0 cm³/mol. The highest BCUT2D eigenvalue weighted by atomic mass is 32.1. The monoisotopic (exact) mass is 298 g/mol. The molecule has 0 fully saturated rings. The zero-order valence-corrected chi connectivity index (χ0v) is 12.4. The van der Waals surface area contributed by atoms with Crippen LogP contribution in [0.2, 0.25) is 0 Å². The van der Waals surface area contributed by atoms with Crippen LogP contribution in [0.3, 0.4) is 0 Å². The summed E-state index contributed by atoms with van der Waals surface area (Å²) in [5.41, 5.74) is 3.55. The maximum atomic E-state index is 13.4. The third kappa shape index (κ3) is 2.89. The van der Waals surface area contributed by atoms with Gasteiger partial charge in [-0.3, -0.25) is 0 Å². The van der Waals surface area contributed by atoms with Crippen molar-refractivity contribution in [3.05, 3.63) is 82.5 Å². The number of hydrogen-bond donors (Lipinski definition) is 1. The van der Waals surface area contributed by atoms with Gasteiger partial charge in [0.05, 0.1) is 0 Å². The van der Waals surface area contributed by atoms with Crippen LogP contribution in [0.15, 0.2) is 60.0 Å². The second-order valence-corrected chi connectivity index (χ2v) is 5.94. The topological polar surface area (TPSA) is 20.2 Å². The molecule has 0 bridgehead atoms. The van der Waals surface area contributed by atoms with Gasteiger partial charge < -0.3 is 5.11 Å². The fourth-order valence-electron chi connectivity index (χ4n) is 2.39. The van der Waals surface area contributed by atoms with Gasteiger partial charge in [-0.2, -0.15) is 0 Å². The molecule has 0 amide bonds. The summed E-state index contributed by atoms with van der Waals surface area (Å²) in [6.07, 6.45) is -0.834. The molecule has 3 heteroatoms. The molecule has 0 saturated heterocycles. The zero-order chi connectivity index (χ0) is 14.8. The Bertz CT molecular complexity index is 763. The largest absolute Gasteiger partial charge is 0.384 e. The number of aryl methyl sites for hydroxylation is 1. The van der Waals surface area contributed by atoms with Crippen LogP contribution in [0.4, 0.5) is 4.39 Å². The first kappa shape index (κ1) is 14.0. The summed E-state index contributed by atoms with van der Waals surface area (Å²) in [6, 6.07) is 15.9. The number of benzene rings is 2. The van der Waals surface area contributed by atoms with Crippen molar-refractivity contribution in [1.29, 1.82) is 0 Å². The molecule has 0 aliphatic rings. The zero-order valence-electron chi connectivity index (χ0n) is 11.6. The highest BCUT2D eigenvalue weighted by Crippen LogP contribution is 2.35. The van der Waals surface area contributed by atoms with E-state index in [1.54, 1.807) is 23.5 Å². The van der Waals surface area contributed by atoms with Crippen LogP contribution in [0.1, 0.15) is 22.8 Å². The third-order valence-corrected chi connectivity index (χ3v) is 4.50. The van der Waals surface area contributed by atoms with Gasteiger partial charge in [0.2, 0.25) is 0 Å². The van der Waals surface area contributed by atoms with Crippen LogP contribution in [0.25, 0.3) is 10.4 Å². The summed E-state index contributed by atoms with van der Waals surface area (Å²) in [5.74, 6) is -0.337. The van der Waals surface area contributed by atoms with Crippen LogP contribution < -0.4 is 0 Å². The first-order valence-corrected chi connectivity index (χ1v) is 7.61. The van der Waals surface area contributed by atoms with Gasteiger partial charge in [0.1, 0.15) is 11.9 Å². The van der Waals surface area contributed by atoms with Gasteiger partial charge in [0.15, 0.2) is 0 Å². The highest BCUT2D eigenvalue weighted by molar-refractivity contribution is 7.13. The maximum Gasteiger partial charge on any atom is 0.123 e. The molecule has 0 aliphatic heterocycles. The van der Waals surface area contributed by atoms with Crippen molar-refractivity contribution in [2.24, 2.45) is 0 Å². The lowest BCUT2D eigenvalue weighted by atomic mass is 9.96. The smallest absolute Gasteiger partial charge is 0.123 e. The molecular formula is C18H15FOS. The molecule has 1 atom stereocenters. The number of aliphatic hydroxyl groups excluding tert-OH is 1. The van der Waals surface area contributed by atoms with Gasteiger partial charge in [-0.05, 0) is 52.8 Å². The Kier molecular flexibility index (Phi) is 3.86. The average Bonchev–Trinajstić information content (AvgIpc) is 2.93. The molecule has 0 aliphatic carbocycles. The van der Waals surface area contributed by atoms with E-state index in [0.29, 0.717) is 5.56 Å². The van der Waals surface area contributed by atoms with Crippen molar-refractivity contribution >= 4 is 11.3 Å². The minimum absolute atomic E-state index is 0.337. The number of aliphatic hydroxyl groups is 1. The molecule has 2 aromatic carbocycles. The van der Waals surface area contributed by atoms with Crippen LogP contribution in [-0.4, -0.2) is 5.11 Å². The molecular weight excluding hydrogens is 283 g/mol. The summed E-state index contributed by atoms with van der Waals surface area (Å²) < 4.78 is 13.4. The van der Waals surface area contributed by atoms with Crippen molar-refractivity contribution in [2.45, 2.75) is 13.0 Å². The Balaban J connectivity index is 2.06. The minimum Gasteiger partial charge on any atom is -0.384 e. The molecule has 1 heterocycles. The first-order valence-electron chi connectivity index (χ1n) is 6.73. The third-order valence-electron chi connectivity index (χ3n) is 3.42. The Morgan fingerprint density at radius 3 is 2.57 bits per heavy atom. The summed E-state index contributed by atoms with van der Waals surface area (Å²) in [6.45, 7) is 2.05. The lowest BCUT2D eigenvalue weighted by Crippen LogP contribution is -2.01. The lowest BCUT2D eigenvalue weighted by molar-refractivity contribution is 0.220. The van der Waals surface area contributed by atoms with E-state index in [1.807, 2.05) is 31.2 Å². The van der Waals surface area contributed by atoms with Gasteiger partial charge in [-0.15, -0.1) is 11.3 Å². The van der Waals surface area contributed by atoms with E-state index in [4.69, 9.17) is 0 Å². The lowest BCUT2D eigenvalue weighted by Gasteiger charge is -2.15. The first-order chi connectivity index (χ1) is 10.1. The molecule has 0 spiro atoms.